The van der Waals surface area contributed by atoms with Crippen LogP contribution in [0, 0.1) is 0 Å². The molecule has 1 aliphatic heterocycles. The van der Waals surface area contributed by atoms with Crippen molar-refractivity contribution in [3.05, 3.63) is 52.9 Å². The van der Waals surface area contributed by atoms with Crippen molar-refractivity contribution in [3.63, 3.8) is 0 Å². The highest BCUT2D eigenvalue weighted by atomic mass is 32.2. The second kappa shape index (κ2) is 8.76. The highest BCUT2D eigenvalue weighted by molar-refractivity contribution is 7.98. The van der Waals surface area contributed by atoms with E-state index < -0.39 is 0 Å². The molecule has 4 N–H and O–H groups in total. The van der Waals surface area contributed by atoms with E-state index in [1.807, 2.05) is 37.4 Å². The molecule has 1 heterocycles. The molecule has 0 aliphatic carbocycles. The standard InChI is InChI=1S/C19H25N3O2S/c1-4-8-14-17(19(23)24-5-2)16(13(11-20)18(21)22-14)12-9-6-7-10-15(12)25-3/h6-7,9-11,16H,4-5,8,20H2,1-3H3,(H2,21,22)/b13-11-. The number of nitrogens with two attached hydrogens (primary N) is 2. The van der Waals surface area contributed by atoms with Gasteiger partial charge in [-0.15, -0.1) is 11.8 Å². The van der Waals surface area contributed by atoms with Gasteiger partial charge in [0.1, 0.15) is 5.84 Å². The molecule has 1 unspecified atom stereocenters. The summed E-state index contributed by atoms with van der Waals surface area (Å²) in [5.41, 5.74) is 14.9. The second-order valence-corrected chi connectivity index (χ2v) is 6.47. The Bertz CT molecular complexity index is 738. The lowest BCUT2D eigenvalue weighted by atomic mass is 9.80. The molecular weight excluding hydrogens is 334 g/mol. The zero-order valence-electron chi connectivity index (χ0n) is 14.9. The first-order chi connectivity index (χ1) is 12.1. The third kappa shape index (κ3) is 3.90. The fraction of sp³-hybridized carbons (Fsp3) is 0.368. The number of rotatable bonds is 6. The zero-order valence-corrected chi connectivity index (χ0v) is 15.7. The smallest absolute Gasteiger partial charge is 0.336 e. The Kier molecular flexibility index (Phi) is 6.70. The van der Waals surface area contributed by atoms with Crippen LogP contribution in [-0.4, -0.2) is 24.7 Å². The maximum atomic E-state index is 12.8. The number of thioether (sulfide) groups is 1. The first-order valence-corrected chi connectivity index (χ1v) is 9.60. The van der Waals surface area contributed by atoms with E-state index in [4.69, 9.17) is 16.2 Å². The van der Waals surface area contributed by atoms with Crippen LogP contribution in [0.25, 0.3) is 0 Å². The normalized spacial score (nSPS) is 19.1. The molecule has 25 heavy (non-hydrogen) atoms. The van der Waals surface area contributed by atoms with Gasteiger partial charge in [0.05, 0.1) is 17.9 Å². The van der Waals surface area contributed by atoms with Crippen molar-refractivity contribution >= 4 is 23.6 Å². The summed E-state index contributed by atoms with van der Waals surface area (Å²) in [6.45, 7) is 4.14. The van der Waals surface area contributed by atoms with Gasteiger partial charge in [-0.2, -0.15) is 0 Å². The Morgan fingerprint density at radius 3 is 2.68 bits per heavy atom. The minimum Gasteiger partial charge on any atom is -0.463 e. The summed E-state index contributed by atoms with van der Waals surface area (Å²) < 4.78 is 5.33. The molecule has 134 valence electrons. The van der Waals surface area contributed by atoms with Crippen LogP contribution in [0.1, 0.15) is 38.2 Å². The van der Waals surface area contributed by atoms with E-state index in [0.717, 1.165) is 16.9 Å². The lowest BCUT2D eigenvalue weighted by molar-refractivity contribution is -0.138. The molecule has 0 radical (unpaired) electrons. The molecule has 1 aromatic carbocycles. The van der Waals surface area contributed by atoms with Gasteiger partial charge in [0.25, 0.3) is 0 Å². The second-order valence-electron chi connectivity index (χ2n) is 5.62. The summed E-state index contributed by atoms with van der Waals surface area (Å²) in [6.07, 6.45) is 4.96. The van der Waals surface area contributed by atoms with E-state index in [2.05, 4.69) is 4.99 Å². The molecule has 6 heteroatoms. The average molecular weight is 359 g/mol. The van der Waals surface area contributed by atoms with Crippen molar-refractivity contribution in [3.8, 4) is 0 Å². The molecule has 5 nitrogen and oxygen atoms in total. The third-order valence-corrected chi connectivity index (χ3v) is 4.89. The van der Waals surface area contributed by atoms with E-state index in [0.29, 0.717) is 35.7 Å². The number of esters is 1. The molecule has 2 rings (SSSR count). The fourth-order valence-corrected chi connectivity index (χ4v) is 3.66. The Morgan fingerprint density at radius 1 is 1.36 bits per heavy atom. The molecule has 1 aromatic rings. The van der Waals surface area contributed by atoms with Crippen LogP contribution in [0.4, 0.5) is 0 Å². The van der Waals surface area contributed by atoms with Crippen molar-refractivity contribution in [1.82, 2.24) is 0 Å². The highest BCUT2D eigenvalue weighted by Gasteiger charge is 2.36. The summed E-state index contributed by atoms with van der Waals surface area (Å²) >= 11 is 1.62. The third-order valence-electron chi connectivity index (χ3n) is 4.07. The highest BCUT2D eigenvalue weighted by Crippen LogP contribution is 2.42. The largest absolute Gasteiger partial charge is 0.463 e. The quantitative estimate of drug-likeness (QED) is 0.600. The first kappa shape index (κ1) is 19.1. The molecule has 0 spiro atoms. The monoisotopic (exact) mass is 359 g/mol. The summed E-state index contributed by atoms with van der Waals surface area (Å²) in [4.78, 5) is 18.3. The first-order valence-electron chi connectivity index (χ1n) is 8.38. The predicted molar refractivity (Wildman–Crippen MR) is 103 cm³/mol. The predicted octanol–water partition coefficient (Wildman–Crippen LogP) is 3.32. The van der Waals surface area contributed by atoms with Gasteiger partial charge in [-0.1, -0.05) is 31.5 Å². The molecule has 0 saturated heterocycles. The van der Waals surface area contributed by atoms with Crippen molar-refractivity contribution in [1.29, 1.82) is 0 Å². The number of carbonyl (C=O) groups excluding carboxylic acids is 1. The van der Waals surface area contributed by atoms with Crippen LogP contribution >= 0.6 is 11.8 Å². The maximum absolute atomic E-state index is 12.8. The molecule has 0 bridgehead atoms. The molecule has 1 aliphatic rings. The Hall–Kier alpha value is -2.21. The molecule has 0 amide bonds. The lowest BCUT2D eigenvalue weighted by Crippen LogP contribution is -2.30. The van der Waals surface area contributed by atoms with Gasteiger partial charge in [0.15, 0.2) is 0 Å². The van der Waals surface area contributed by atoms with Gasteiger partial charge < -0.3 is 16.2 Å². The van der Waals surface area contributed by atoms with Crippen LogP contribution in [0.15, 0.2) is 57.2 Å². The number of carbonyl (C=O) groups is 1. The van der Waals surface area contributed by atoms with Gasteiger partial charge in [0, 0.05) is 22.6 Å². The van der Waals surface area contributed by atoms with Crippen molar-refractivity contribution in [2.75, 3.05) is 12.9 Å². The van der Waals surface area contributed by atoms with Crippen LogP contribution in [0.5, 0.6) is 0 Å². The van der Waals surface area contributed by atoms with Gasteiger partial charge in [0.2, 0.25) is 0 Å². The van der Waals surface area contributed by atoms with Crippen molar-refractivity contribution < 1.29 is 9.53 Å². The minimum absolute atomic E-state index is 0.305. The Balaban J connectivity index is 2.73. The summed E-state index contributed by atoms with van der Waals surface area (Å²) in [7, 11) is 0. The van der Waals surface area contributed by atoms with Crippen LogP contribution in [0.2, 0.25) is 0 Å². The number of amidine groups is 1. The Labute approximate surface area is 153 Å². The number of hydrogen-bond acceptors (Lipinski definition) is 6. The number of allylic oxidation sites excluding steroid dienone is 1. The summed E-state index contributed by atoms with van der Waals surface area (Å²) in [5, 5.41) is 0. The summed E-state index contributed by atoms with van der Waals surface area (Å²) in [5.74, 6) is -0.367. The minimum atomic E-state index is -0.369. The average Bonchev–Trinajstić information content (AvgIpc) is 2.61. The summed E-state index contributed by atoms with van der Waals surface area (Å²) in [6, 6.07) is 7.95. The van der Waals surface area contributed by atoms with Gasteiger partial charge in [-0.05, 0) is 31.2 Å². The van der Waals surface area contributed by atoms with E-state index in [9.17, 15) is 4.79 Å². The van der Waals surface area contributed by atoms with E-state index >= 15 is 0 Å². The van der Waals surface area contributed by atoms with Crippen molar-refractivity contribution in [2.45, 2.75) is 37.5 Å². The SMILES string of the molecule is CCCC1=C(C(=O)OCC)C(c2ccccc2SC)/C(=C/N)C(N)=N1. The van der Waals surface area contributed by atoms with E-state index in [1.54, 1.807) is 18.7 Å². The molecule has 1 atom stereocenters. The van der Waals surface area contributed by atoms with Gasteiger partial charge in [-0.25, -0.2) is 9.79 Å². The van der Waals surface area contributed by atoms with Gasteiger partial charge >= 0.3 is 5.97 Å². The number of hydrogen-bond donors (Lipinski definition) is 2. The molecule has 0 fully saturated rings. The maximum Gasteiger partial charge on any atom is 0.336 e. The topological polar surface area (TPSA) is 90.7 Å². The number of ether oxygens (including phenoxy) is 1. The fourth-order valence-electron chi connectivity index (χ4n) is 3.02. The van der Waals surface area contributed by atoms with Crippen LogP contribution in [-0.2, 0) is 9.53 Å². The van der Waals surface area contributed by atoms with Crippen molar-refractivity contribution in [2.24, 2.45) is 16.5 Å². The molecule has 0 saturated carbocycles. The Morgan fingerprint density at radius 2 is 2.08 bits per heavy atom. The number of benzene rings is 1. The zero-order chi connectivity index (χ0) is 18.4. The van der Waals surface area contributed by atoms with Gasteiger partial charge in [-0.3, -0.25) is 0 Å². The lowest BCUT2D eigenvalue weighted by Gasteiger charge is -2.29. The van der Waals surface area contributed by atoms with Crippen LogP contribution in [0.3, 0.4) is 0 Å². The number of nitrogens with zero attached hydrogens (tertiary/aromatic N) is 1. The molecular formula is C19H25N3O2S. The van der Waals surface area contributed by atoms with Crippen LogP contribution < -0.4 is 11.5 Å². The van der Waals surface area contributed by atoms with E-state index in [-0.39, 0.29) is 11.9 Å². The number of aliphatic imine (C=N–C) groups is 1. The molecule has 0 aromatic heterocycles. The van der Waals surface area contributed by atoms with E-state index in [1.165, 1.54) is 6.20 Å².